The molecule has 2 heterocycles. The molecule has 1 N–H and O–H groups in total. The van der Waals surface area contributed by atoms with Crippen molar-refractivity contribution in [2.45, 2.75) is 12.0 Å². The Morgan fingerprint density at radius 1 is 0.825 bits per heavy atom. The fourth-order valence-corrected chi connectivity index (χ4v) is 6.26. The van der Waals surface area contributed by atoms with E-state index in [2.05, 4.69) is 5.32 Å². The number of hydrogen-bond acceptors (Lipinski definition) is 6. The summed E-state index contributed by atoms with van der Waals surface area (Å²) in [5.74, 6) is -2.24. The molecule has 2 atom stereocenters. The Morgan fingerprint density at radius 3 is 2.05 bits per heavy atom. The van der Waals surface area contributed by atoms with Crippen LogP contribution in [0.3, 0.4) is 0 Å². The van der Waals surface area contributed by atoms with Gasteiger partial charge in [-0.3, -0.25) is 29.5 Å². The number of nitrogens with zero attached hydrogens (tertiary/aromatic N) is 3. The number of anilines is 1. The summed E-state index contributed by atoms with van der Waals surface area (Å²) in [4.78, 5) is 54.7. The van der Waals surface area contributed by atoms with Crippen LogP contribution in [0.15, 0.2) is 84.9 Å². The maximum Gasteiger partial charge on any atom is 0.332 e. The third-order valence-corrected chi connectivity index (χ3v) is 8.26. The van der Waals surface area contributed by atoms with E-state index in [0.29, 0.717) is 21.7 Å². The summed E-state index contributed by atoms with van der Waals surface area (Å²) in [5.41, 5.74) is 0.570. The Labute approximate surface area is 234 Å². The van der Waals surface area contributed by atoms with Gasteiger partial charge in [0.1, 0.15) is 0 Å². The molecule has 4 aromatic rings. The molecule has 0 aliphatic carbocycles. The molecule has 40 heavy (non-hydrogen) atoms. The number of barbiturate groups is 1. The Balaban J connectivity index is 1.73. The molecule has 6 rings (SSSR count). The first-order valence-corrected chi connectivity index (χ1v) is 12.9. The summed E-state index contributed by atoms with van der Waals surface area (Å²) in [6.45, 7) is 0. The van der Waals surface area contributed by atoms with Crippen LogP contribution >= 0.6 is 11.6 Å². The van der Waals surface area contributed by atoms with Gasteiger partial charge in [0, 0.05) is 48.2 Å². The lowest BCUT2D eigenvalue weighted by Gasteiger charge is -2.53. The lowest BCUT2D eigenvalue weighted by molar-refractivity contribution is -0.384. The van der Waals surface area contributed by atoms with Crippen LogP contribution in [0.25, 0.3) is 10.8 Å². The molecular formula is C30H23ClN4O5. The Morgan fingerprint density at radius 2 is 1.43 bits per heavy atom. The van der Waals surface area contributed by atoms with Gasteiger partial charge in [-0.25, -0.2) is 4.79 Å². The van der Waals surface area contributed by atoms with Gasteiger partial charge in [0.25, 0.3) is 5.69 Å². The van der Waals surface area contributed by atoms with E-state index in [1.54, 1.807) is 36.4 Å². The van der Waals surface area contributed by atoms with Crippen molar-refractivity contribution in [3.05, 3.63) is 117 Å². The van der Waals surface area contributed by atoms with E-state index in [1.807, 2.05) is 36.4 Å². The molecule has 2 unspecified atom stereocenters. The molecule has 10 heteroatoms. The van der Waals surface area contributed by atoms with Crippen molar-refractivity contribution in [1.82, 2.24) is 9.80 Å². The van der Waals surface area contributed by atoms with Crippen LogP contribution in [0.5, 0.6) is 0 Å². The van der Waals surface area contributed by atoms with E-state index in [0.717, 1.165) is 26.3 Å². The molecule has 1 saturated heterocycles. The van der Waals surface area contributed by atoms with Gasteiger partial charge < -0.3 is 5.32 Å². The van der Waals surface area contributed by atoms with Crippen molar-refractivity contribution < 1.29 is 19.3 Å². The van der Waals surface area contributed by atoms with E-state index in [-0.39, 0.29) is 5.69 Å². The molecule has 0 aromatic heterocycles. The Hall–Kier alpha value is -4.76. The number of rotatable bonds is 3. The molecule has 4 aromatic carbocycles. The highest BCUT2D eigenvalue weighted by atomic mass is 35.5. The average Bonchev–Trinajstić information content (AvgIpc) is 2.97. The van der Waals surface area contributed by atoms with Gasteiger partial charge in [0.15, 0.2) is 5.41 Å². The van der Waals surface area contributed by atoms with Gasteiger partial charge in [0.2, 0.25) is 11.8 Å². The minimum atomic E-state index is -1.85. The SMILES string of the molecule is CN1C(=O)N(C)C(=O)C2(C1=O)C(c1ccc(Cl)cc1)Nc1c(ccc3ccccc13)C2c1ccc([N+](=O)[O-])cc1. The molecule has 2 aliphatic rings. The topological polar surface area (TPSA) is 113 Å². The molecule has 0 bridgehead atoms. The summed E-state index contributed by atoms with van der Waals surface area (Å²) in [5, 5.41) is 17.3. The van der Waals surface area contributed by atoms with Gasteiger partial charge in [-0.2, -0.15) is 0 Å². The summed E-state index contributed by atoms with van der Waals surface area (Å²) >= 11 is 6.20. The van der Waals surface area contributed by atoms with Gasteiger partial charge in [0.05, 0.1) is 11.0 Å². The first-order valence-electron chi connectivity index (χ1n) is 12.5. The molecule has 4 amide bonds. The van der Waals surface area contributed by atoms with Gasteiger partial charge >= 0.3 is 6.03 Å². The second kappa shape index (κ2) is 9.17. The fraction of sp³-hybridized carbons (Fsp3) is 0.167. The van der Waals surface area contributed by atoms with E-state index < -0.39 is 40.1 Å². The Bertz CT molecular complexity index is 1700. The summed E-state index contributed by atoms with van der Waals surface area (Å²) in [7, 11) is 2.72. The van der Waals surface area contributed by atoms with Crippen LogP contribution in [0, 0.1) is 15.5 Å². The van der Waals surface area contributed by atoms with Crippen molar-refractivity contribution >= 4 is 51.6 Å². The zero-order valence-electron chi connectivity index (χ0n) is 21.5. The third kappa shape index (κ3) is 3.51. The van der Waals surface area contributed by atoms with E-state index >= 15 is 0 Å². The molecule has 2 aliphatic heterocycles. The van der Waals surface area contributed by atoms with Crippen molar-refractivity contribution in [3.8, 4) is 0 Å². The first-order chi connectivity index (χ1) is 19.2. The van der Waals surface area contributed by atoms with Crippen LogP contribution in [-0.2, 0) is 9.59 Å². The number of non-ortho nitro benzene ring substituents is 1. The van der Waals surface area contributed by atoms with E-state index in [9.17, 15) is 24.5 Å². The predicted molar refractivity (Wildman–Crippen MR) is 150 cm³/mol. The second-order valence-corrected chi connectivity index (χ2v) is 10.5. The summed E-state index contributed by atoms with van der Waals surface area (Å²) in [6, 6.07) is 22.6. The number of urea groups is 1. The van der Waals surface area contributed by atoms with Crippen LogP contribution in [0.4, 0.5) is 16.2 Å². The number of nitrogens with one attached hydrogen (secondary N) is 1. The first kappa shape index (κ1) is 25.5. The fourth-order valence-electron chi connectivity index (χ4n) is 6.13. The van der Waals surface area contributed by atoms with Crippen molar-refractivity contribution in [1.29, 1.82) is 0 Å². The van der Waals surface area contributed by atoms with E-state index in [1.165, 1.54) is 26.2 Å². The van der Waals surface area contributed by atoms with Crippen LogP contribution in [0.1, 0.15) is 28.7 Å². The zero-order valence-corrected chi connectivity index (χ0v) is 22.3. The number of hydrogen-bond donors (Lipinski definition) is 1. The number of carbonyl (C=O) groups is 3. The summed E-state index contributed by atoms with van der Waals surface area (Å²) < 4.78 is 0. The number of carbonyl (C=O) groups excluding carboxylic acids is 3. The number of imide groups is 2. The lowest BCUT2D eigenvalue weighted by Crippen LogP contribution is -2.68. The van der Waals surface area contributed by atoms with Crippen molar-refractivity contribution in [2.24, 2.45) is 5.41 Å². The highest BCUT2D eigenvalue weighted by molar-refractivity contribution is 6.30. The van der Waals surface area contributed by atoms with Gasteiger partial charge in [-0.15, -0.1) is 0 Å². The molecule has 0 saturated carbocycles. The number of amides is 4. The third-order valence-electron chi connectivity index (χ3n) is 8.00. The average molecular weight is 555 g/mol. The van der Waals surface area contributed by atoms with Crippen molar-refractivity contribution in [2.75, 3.05) is 19.4 Å². The minimum Gasteiger partial charge on any atom is -0.376 e. The highest BCUT2D eigenvalue weighted by Crippen LogP contribution is 2.59. The predicted octanol–water partition coefficient (Wildman–Crippen LogP) is 5.74. The quantitative estimate of drug-likeness (QED) is 0.196. The molecular weight excluding hydrogens is 532 g/mol. The summed E-state index contributed by atoms with van der Waals surface area (Å²) in [6.07, 6.45) is 0. The largest absolute Gasteiger partial charge is 0.376 e. The second-order valence-electron chi connectivity index (χ2n) is 10.0. The number of fused-ring (bicyclic) bond motifs is 3. The minimum absolute atomic E-state index is 0.120. The normalized spacial score (nSPS) is 20.0. The molecule has 200 valence electrons. The number of benzene rings is 4. The molecule has 1 fully saturated rings. The highest BCUT2D eigenvalue weighted by Gasteiger charge is 2.66. The van der Waals surface area contributed by atoms with Crippen LogP contribution in [-0.4, -0.2) is 46.7 Å². The zero-order chi connectivity index (χ0) is 28.3. The molecule has 9 nitrogen and oxygen atoms in total. The lowest BCUT2D eigenvalue weighted by atomic mass is 9.58. The van der Waals surface area contributed by atoms with Crippen LogP contribution in [0.2, 0.25) is 5.02 Å². The standard InChI is InChI=1S/C30H23ClN4O5/c1-33-27(36)30(28(37)34(2)29(33)38)24(18-9-14-21(15-10-18)35(39)40)23-16-11-17-5-3-4-6-22(17)25(23)32-26(30)19-7-12-20(31)13-8-19/h3-16,24,26,32H,1-2H3. The van der Waals surface area contributed by atoms with Crippen molar-refractivity contribution in [3.63, 3.8) is 0 Å². The smallest absolute Gasteiger partial charge is 0.332 e. The molecule has 1 spiro atoms. The number of nitro groups is 1. The maximum absolute atomic E-state index is 14.4. The maximum atomic E-state index is 14.4. The Kier molecular flexibility index (Phi) is 5.85. The number of nitro benzene ring substituents is 1. The van der Waals surface area contributed by atoms with Crippen LogP contribution < -0.4 is 5.32 Å². The number of halogens is 1. The van der Waals surface area contributed by atoms with Gasteiger partial charge in [-0.05, 0) is 34.2 Å². The molecule has 0 radical (unpaired) electrons. The monoisotopic (exact) mass is 554 g/mol. The van der Waals surface area contributed by atoms with E-state index in [4.69, 9.17) is 11.6 Å². The van der Waals surface area contributed by atoms with Gasteiger partial charge in [-0.1, -0.05) is 72.3 Å².